The Bertz CT molecular complexity index is 813. The number of nitrogens with zero attached hydrogens (tertiary/aromatic N) is 1. The van der Waals surface area contributed by atoms with Gasteiger partial charge in [0.1, 0.15) is 5.75 Å². The normalized spacial score (nSPS) is 18.5. The van der Waals surface area contributed by atoms with Gasteiger partial charge >= 0.3 is 0 Å². The third-order valence-electron chi connectivity index (χ3n) is 4.46. The number of benzene rings is 2. The average molecular weight is 331 g/mol. The number of hydrogen-bond acceptors (Lipinski definition) is 3. The van der Waals surface area contributed by atoms with E-state index in [1.165, 1.54) is 0 Å². The number of aryl methyl sites for hydroxylation is 1. The van der Waals surface area contributed by atoms with E-state index in [2.05, 4.69) is 0 Å². The number of methoxy groups -OCH3 is 1. The van der Waals surface area contributed by atoms with Gasteiger partial charge in [0.25, 0.3) is 0 Å². The summed E-state index contributed by atoms with van der Waals surface area (Å²) in [7, 11) is -1.84. The van der Waals surface area contributed by atoms with E-state index < -0.39 is 10.0 Å². The Balaban J connectivity index is 1.96. The van der Waals surface area contributed by atoms with Crippen molar-refractivity contribution in [3.8, 4) is 5.75 Å². The molecule has 0 bridgehead atoms. The van der Waals surface area contributed by atoms with Crippen LogP contribution in [0.4, 0.5) is 0 Å². The number of fused-ring (bicyclic) bond motifs is 1. The molecule has 0 amide bonds. The first kappa shape index (κ1) is 16.0. The molecule has 4 nitrogen and oxygen atoms in total. The Morgan fingerprint density at radius 3 is 2.48 bits per heavy atom. The van der Waals surface area contributed by atoms with E-state index in [0.717, 1.165) is 22.4 Å². The van der Waals surface area contributed by atoms with Gasteiger partial charge < -0.3 is 4.74 Å². The molecule has 1 atom stereocenters. The van der Waals surface area contributed by atoms with Crippen LogP contribution in [0.3, 0.4) is 0 Å². The quantitative estimate of drug-likeness (QED) is 0.867. The third-order valence-corrected chi connectivity index (χ3v) is 6.45. The molecule has 0 spiro atoms. The summed E-state index contributed by atoms with van der Waals surface area (Å²) in [5, 5.41) is 0. The van der Waals surface area contributed by atoms with Crippen LogP contribution in [0.5, 0.6) is 5.75 Å². The maximum atomic E-state index is 12.9. The first-order valence-corrected chi connectivity index (χ1v) is 9.13. The predicted octanol–water partition coefficient (Wildman–Crippen LogP) is 3.31. The van der Waals surface area contributed by atoms with Crippen LogP contribution in [0.25, 0.3) is 0 Å². The van der Waals surface area contributed by atoms with Crippen LogP contribution in [0.1, 0.15) is 29.7 Å². The SMILES string of the molecule is COc1ccc2c(c1)CCN(S(=O)(=O)c1ccc(C)cc1)C2C. The number of rotatable bonds is 3. The maximum Gasteiger partial charge on any atom is 0.243 e. The molecule has 1 heterocycles. The van der Waals surface area contributed by atoms with Crippen molar-refractivity contribution in [2.75, 3.05) is 13.7 Å². The van der Waals surface area contributed by atoms with Gasteiger partial charge in [0.15, 0.2) is 0 Å². The van der Waals surface area contributed by atoms with Gasteiger partial charge in [0.2, 0.25) is 10.0 Å². The first-order valence-electron chi connectivity index (χ1n) is 7.69. The van der Waals surface area contributed by atoms with E-state index in [4.69, 9.17) is 4.74 Å². The summed E-state index contributed by atoms with van der Waals surface area (Å²) < 4.78 is 32.7. The van der Waals surface area contributed by atoms with Crippen LogP contribution in [-0.4, -0.2) is 26.4 Å². The van der Waals surface area contributed by atoms with Gasteiger partial charge in [-0.2, -0.15) is 4.31 Å². The summed E-state index contributed by atoms with van der Waals surface area (Å²) in [5.41, 5.74) is 3.26. The van der Waals surface area contributed by atoms with E-state index >= 15 is 0 Å². The van der Waals surface area contributed by atoms with Gasteiger partial charge in [0.05, 0.1) is 12.0 Å². The molecule has 1 aliphatic rings. The summed E-state index contributed by atoms with van der Waals surface area (Å²) in [4.78, 5) is 0.354. The smallest absolute Gasteiger partial charge is 0.243 e. The summed E-state index contributed by atoms with van der Waals surface area (Å²) in [5.74, 6) is 0.811. The second-order valence-corrected chi connectivity index (χ2v) is 7.81. The van der Waals surface area contributed by atoms with Crippen molar-refractivity contribution in [2.24, 2.45) is 0 Å². The molecule has 0 fully saturated rings. The van der Waals surface area contributed by atoms with E-state index in [0.29, 0.717) is 17.9 Å². The van der Waals surface area contributed by atoms with Gasteiger partial charge in [-0.05, 0) is 55.7 Å². The van der Waals surface area contributed by atoms with E-state index in [-0.39, 0.29) is 6.04 Å². The van der Waals surface area contributed by atoms with Crippen LogP contribution in [-0.2, 0) is 16.4 Å². The number of ether oxygens (including phenoxy) is 1. The number of hydrogen-bond donors (Lipinski definition) is 0. The minimum absolute atomic E-state index is 0.184. The van der Waals surface area contributed by atoms with Crippen LogP contribution >= 0.6 is 0 Å². The Morgan fingerprint density at radius 2 is 1.83 bits per heavy atom. The molecule has 23 heavy (non-hydrogen) atoms. The standard InChI is InChI=1S/C18H21NO3S/c1-13-4-7-17(8-5-13)23(20,21)19-11-10-15-12-16(22-3)6-9-18(15)14(19)2/h4-9,12,14H,10-11H2,1-3H3. The summed E-state index contributed by atoms with van der Waals surface area (Å²) in [6, 6.07) is 12.7. The topological polar surface area (TPSA) is 46.6 Å². The highest BCUT2D eigenvalue weighted by atomic mass is 32.2. The molecule has 122 valence electrons. The second kappa shape index (κ2) is 5.98. The minimum Gasteiger partial charge on any atom is -0.497 e. The highest BCUT2D eigenvalue weighted by Gasteiger charge is 2.33. The molecular formula is C18H21NO3S. The zero-order chi connectivity index (χ0) is 16.6. The zero-order valence-corrected chi connectivity index (χ0v) is 14.4. The molecule has 5 heteroatoms. The Morgan fingerprint density at radius 1 is 1.13 bits per heavy atom. The van der Waals surface area contributed by atoms with Gasteiger partial charge in [0, 0.05) is 12.6 Å². The molecule has 0 N–H and O–H groups in total. The Hall–Kier alpha value is -1.85. The average Bonchev–Trinajstić information content (AvgIpc) is 2.55. The lowest BCUT2D eigenvalue weighted by Crippen LogP contribution is -2.38. The highest BCUT2D eigenvalue weighted by molar-refractivity contribution is 7.89. The molecule has 0 saturated carbocycles. The van der Waals surface area contributed by atoms with Crippen LogP contribution < -0.4 is 4.74 Å². The van der Waals surface area contributed by atoms with Gasteiger partial charge in [-0.3, -0.25) is 0 Å². The van der Waals surface area contributed by atoms with E-state index in [9.17, 15) is 8.42 Å². The van der Waals surface area contributed by atoms with Crippen molar-refractivity contribution in [3.63, 3.8) is 0 Å². The van der Waals surface area contributed by atoms with E-state index in [1.54, 1.807) is 23.5 Å². The fraction of sp³-hybridized carbons (Fsp3) is 0.333. The number of sulfonamides is 1. The van der Waals surface area contributed by atoms with Crippen molar-refractivity contribution in [1.82, 2.24) is 4.31 Å². The molecule has 0 saturated heterocycles. The van der Waals surface area contributed by atoms with E-state index in [1.807, 2.05) is 44.2 Å². The lowest BCUT2D eigenvalue weighted by atomic mass is 9.95. The molecular weight excluding hydrogens is 310 g/mol. The lowest BCUT2D eigenvalue weighted by molar-refractivity contribution is 0.325. The molecule has 1 unspecified atom stereocenters. The first-order chi connectivity index (χ1) is 10.9. The largest absolute Gasteiger partial charge is 0.497 e. The molecule has 3 rings (SSSR count). The zero-order valence-electron chi connectivity index (χ0n) is 13.6. The molecule has 0 radical (unpaired) electrons. The van der Waals surface area contributed by atoms with Crippen LogP contribution in [0.15, 0.2) is 47.4 Å². The van der Waals surface area contributed by atoms with Gasteiger partial charge in [-0.25, -0.2) is 8.42 Å². The Labute approximate surface area is 137 Å². The van der Waals surface area contributed by atoms with Crippen molar-refractivity contribution in [1.29, 1.82) is 0 Å². The highest BCUT2D eigenvalue weighted by Crippen LogP contribution is 2.35. The second-order valence-electron chi connectivity index (χ2n) is 5.92. The molecule has 2 aromatic carbocycles. The molecule has 2 aromatic rings. The Kier molecular flexibility index (Phi) is 4.17. The summed E-state index contributed by atoms with van der Waals surface area (Å²) in [6.45, 7) is 4.37. The van der Waals surface area contributed by atoms with Crippen molar-refractivity contribution >= 4 is 10.0 Å². The predicted molar refractivity (Wildman–Crippen MR) is 90.2 cm³/mol. The fourth-order valence-corrected chi connectivity index (χ4v) is 4.70. The van der Waals surface area contributed by atoms with Crippen LogP contribution in [0, 0.1) is 6.92 Å². The fourth-order valence-electron chi connectivity index (χ4n) is 3.09. The third kappa shape index (κ3) is 2.86. The summed E-state index contributed by atoms with van der Waals surface area (Å²) in [6.07, 6.45) is 0.696. The summed E-state index contributed by atoms with van der Waals surface area (Å²) >= 11 is 0. The van der Waals surface area contributed by atoms with Crippen LogP contribution in [0.2, 0.25) is 0 Å². The maximum absolute atomic E-state index is 12.9. The minimum atomic E-state index is -3.48. The molecule has 0 aromatic heterocycles. The lowest BCUT2D eigenvalue weighted by Gasteiger charge is -2.34. The van der Waals surface area contributed by atoms with Gasteiger partial charge in [-0.15, -0.1) is 0 Å². The monoisotopic (exact) mass is 331 g/mol. The van der Waals surface area contributed by atoms with Crippen molar-refractivity contribution < 1.29 is 13.2 Å². The van der Waals surface area contributed by atoms with Crippen molar-refractivity contribution in [2.45, 2.75) is 31.2 Å². The van der Waals surface area contributed by atoms with Gasteiger partial charge in [-0.1, -0.05) is 23.8 Å². The van der Waals surface area contributed by atoms with Crippen molar-refractivity contribution in [3.05, 3.63) is 59.2 Å². The molecule has 1 aliphatic heterocycles. The molecule has 0 aliphatic carbocycles.